The van der Waals surface area contributed by atoms with Crippen molar-refractivity contribution >= 4 is 5.78 Å². The van der Waals surface area contributed by atoms with Crippen LogP contribution in [0.25, 0.3) is 0 Å². The molecule has 0 aliphatic carbocycles. The van der Waals surface area contributed by atoms with Crippen molar-refractivity contribution in [3.63, 3.8) is 0 Å². The lowest BCUT2D eigenvalue weighted by Gasteiger charge is -2.02. The molecule has 0 saturated carbocycles. The van der Waals surface area contributed by atoms with Gasteiger partial charge in [0.1, 0.15) is 6.26 Å². The Bertz CT molecular complexity index is 299. The molecule has 14 heavy (non-hydrogen) atoms. The van der Waals surface area contributed by atoms with Gasteiger partial charge in [-0.15, -0.1) is 0 Å². The highest BCUT2D eigenvalue weighted by atomic mass is 16.3. The molecule has 0 fully saturated rings. The fraction of sp³-hybridized carbons (Fsp3) is 0.364. The van der Waals surface area contributed by atoms with Crippen molar-refractivity contribution in [3.8, 4) is 0 Å². The van der Waals surface area contributed by atoms with Crippen molar-refractivity contribution < 1.29 is 9.21 Å². The Morgan fingerprint density at radius 2 is 2.43 bits per heavy atom. The topological polar surface area (TPSA) is 42.2 Å². The number of furan rings is 1. The standard InChI is InChI=1S/C11H15NO2/c1-9(2)7-12-5-3-11(13)10-4-6-14-8-10/h3-6,8-9,12H,7H2,1-2H3/b5-3+. The molecule has 0 aromatic carbocycles. The number of carbonyl (C=O) groups excluding carboxylic acids is 1. The zero-order chi connectivity index (χ0) is 10.4. The highest BCUT2D eigenvalue weighted by Gasteiger charge is 2.01. The molecule has 3 heteroatoms. The van der Waals surface area contributed by atoms with Crippen LogP contribution >= 0.6 is 0 Å². The number of ketones is 1. The van der Waals surface area contributed by atoms with Crippen molar-refractivity contribution in [2.45, 2.75) is 13.8 Å². The van der Waals surface area contributed by atoms with Crippen molar-refractivity contribution in [1.82, 2.24) is 5.32 Å². The third kappa shape index (κ3) is 3.47. The van der Waals surface area contributed by atoms with Gasteiger partial charge in [-0.3, -0.25) is 4.79 Å². The highest BCUT2D eigenvalue weighted by molar-refractivity contribution is 6.04. The van der Waals surface area contributed by atoms with Gasteiger partial charge in [0.25, 0.3) is 0 Å². The summed E-state index contributed by atoms with van der Waals surface area (Å²) in [6, 6.07) is 1.65. The van der Waals surface area contributed by atoms with E-state index in [-0.39, 0.29) is 5.78 Å². The van der Waals surface area contributed by atoms with Crippen molar-refractivity contribution in [3.05, 3.63) is 36.4 Å². The van der Waals surface area contributed by atoms with Crippen LogP contribution < -0.4 is 5.32 Å². The third-order valence-electron chi connectivity index (χ3n) is 1.68. The van der Waals surface area contributed by atoms with E-state index in [1.807, 2.05) is 0 Å². The summed E-state index contributed by atoms with van der Waals surface area (Å²) in [4.78, 5) is 11.4. The predicted octanol–water partition coefficient (Wildman–Crippen LogP) is 2.22. The predicted molar refractivity (Wildman–Crippen MR) is 55.0 cm³/mol. The zero-order valence-electron chi connectivity index (χ0n) is 8.49. The first kappa shape index (κ1) is 10.6. The van der Waals surface area contributed by atoms with Crippen LogP contribution in [0, 0.1) is 5.92 Å². The number of allylic oxidation sites excluding steroid dienone is 1. The lowest BCUT2D eigenvalue weighted by atomic mass is 10.2. The minimum absolute atomic E-state index is 0.0463. The molecule has 3 nitrogen and oxygen atoms in total. The number of nitrogens with one attached hydrogen (secondary N) is 1. The second-order valence-corrected chi connectivity index (χ2v) is 3.51. The Morgan fingerprint density at radius 1 is 1.64 bits per heavy atom. The number of hydrogen-bond donors (Lipinski definition) is 1. The van der Waals surface area contributed by atoms with E-state index in [1.54, 1.807) is 12.3 Å². The lowest BCUT2D eigenvalue weighted by Crippen LogP contribution is -2.13. The van der Waals surface area contributed by atoms with Crippen LogP contribution in [0.1, 0.15) is 24.2 Å². The molecule has 1 aromatic rings. The van der Waals surface area contributed by atoms with Crippen molar-refractivity contribution in [2.75, 3.05) is 6.54 Å². The van der Waals surface area contributed by atoms with E-state index in [0.29, 0.717) is 11.5 Å². The molecule has 1 aromatic heterocycles. The SMILES string of the molecule is CC(C)CN/C=C/C(=O)c1ccoc1. The van der Waals surface area contributed by atoms with Crippen LogP contribution in [-0.2, 0) is 0 Å². The molecule has 1 heterocycles. The molecule has 76 valence electrons. The monoisotopic (exact) mass is 193 g/mol. The average Bonchev–Trinajstić information content (AvgIpc) is 2.64. The summed E-state index contributed by atoms with van der Waals surface area (Å²) in [5.41, 5.74) is 0.576. The minimum Gasteiger partial charge on any atom is -0.472 e. The molecule has 0 unspecified atom stereocenters. The maximum Gasteiger partial charge on any atom is 0.190 e. The molecule has 0 bridgehead atoms. The fourth-order valence-electron chi connectivity index (χ4n) is 0.939. The number of hydrogen-bond acceptors (Lipinski definition) is 3. The Kier molecular flexibility index (Phi) is 3.98. The summed E-state index contributed by atoms with van der Waals surface area (Å²) < 4.78 is 4.81. The molecular weight excluding hydrogens is 178 g/mol. The largest absolute Gasteiger partial charge is 0.472 e. The summed E-state index contributed by atoms with van der Waals surface area (Å²) in [5, 5.41) is 3.05. The lowest BCUT2D eigenvalue weighted by molar-refractivity contribution is 0.104. The second kappa shape index (κ2) is 5.27. The first-order valence-electron chi connectivity index (χ1n) is 4.66. The molecule has 1 N–H and O–H groups in total. The Hall–Kier alpha value is -1.51. The van der Waals surface area contributed by atoms with Gasteiger partial charge in [-0.2, -0.15) is 0 Å². The van der Waals surface area contributed by atoms with Crippen LogP contribution in [0.4, 0.5) is 0 Å². The normalized spacial score (nSPS) is 11.1. The molecule has 0 aliphatic heterocycles. The van der Waals surface area contributed by atoms with Crippen LogP contribution in [0.5, 0.6) is 0 Å². The van der Waals surface area contributed by atoms with E-state index in [4.69, 9.17) is 4.42 Å². The highest BCUT2D eigenvalue weighted by Crippen LogP contribution is 2.01. The molecule has 0 spiro atoms. The maximum atomic E-state index is 11.4. The van der Waals surface area contributed by atoms with Gasteiger partial charge in [0, 0.05) is 18.8 Å². The van der Waals surface area contributed by atoms with Gasteiger partial charge in [0.2, 0.25) is 0 Å². The van der Waals surface area contributed by atoms with Crippen LogP contribution in [0.2, 0.25) is 0 Å². The molecule has 0 atom stereocenters. The van der Waals surface area contributed by atoms with Crippen LogP contribution in [-0.4, -0.2) is 12.3 Å². The number of carbonyl (C=O) groups is 1. The van der Waals surface area contributed by atoms with Crippen molar-refractivity contribution in [2.24, 2.45) is 5.92 Å². The molecular formula is C11H15NO2. The van der Waals surface area contributed by atoms with Gasteiger partial charge in [-0.25, -0.2) is 0 Å². The zero-order valence-corrected chi connectivity index (χ0v) is 8.49. The quantitative estimate of drug-likeness (QED) is 0.576. The molecule has 0 radical (unpaired) electrons. The van der Waals surface area contributed by atoms with Crippen LogP contribution in [0.3, 0.4) is 0 Å². The Balaban J connectivity index is 2.34. The van der Waals surface area contributed by atoms with Gasteiger partial charge in [-0.05, 0) is 12.0 Å². The summed E-state index contributed by atoms with van der Waals surface area (Å²) in [5.74, 6) is 0.527. The molecule has 0 aliphatic rings. The van der Waals surface area contributed by atoms with Gasteiger partial charge < -0.3 is 9.73 Å². The minimum atomic E-state index is -0.0463. The molecule has 0 amide bonds. The second-order valence-electron chi connectivity index (χ2n) is 3.51. The van der Waals surface area contributed by atoms with Crippen LogP contribution in [0.15, 0.2) is 35.3 Å². The van der Waals surface area contributed by atoms with Gasteiger partial charge in [0.05, 0.1) is 11.8 Å². The molecule has 1 rings (SSSR count). The first-order valence-corrected chi connectivity index (χ1v) is 4.66. The molecule has 0 saturated heterocycles. The summed E-state index contributed by atoms with van der Waals surface area (Å²) >= 11 is 0. The van der Waals surface area contributed by atoms with E-state index >= 15 is 0 Å². The smallest absolute Gasteiger partial charge is 0.190 e. The Morgan fingerprint density at radius 3 is 3.00 bits per heavy atom. The van der Waals surface area contributed by atoms with Gasteiger partial charge in [-0.1, -0.05) is 13.8 Å². The summed E-state index contributed by atoms with van der Waals surface area (Å²) in [6.45, 7) is 5.09. The average molecular weight is 193 g/mol. The summed E-state index contributed by atoms with van der Waals surface area (Å²) in [7, 11) is 0. The van der Waals surface area contributed by atoms with Gasteiger partial charge in [0.15, 0.2) is 5.78 Å². The van der Waals surface area contributed by atoms with E-state index < -0.39 is 0 Å². The number of rotatable bonds is 5. The van der Waals surface area contributed by atoms with E-state index in [0.717, 1.165) is 6.54 Å². The van der Waals surface area contributed by atoms with E-state index in [9.17, 15) is 4.79 Å². The van der Waals surface area contributed by atoms with Gasteiger partial charge >= 0.3 is 0 Å². The summed E-state index contributed by atoms with van der Waals surface area (Å²) in [6.07, 6.45) is 6.11. The van der Waals surface area contributed by atoms with E-state index in [2.05, 4.69) is 19.2 Å². The maximum absolute atomic E-state index is 11.4. The van der Waals surface area contributed by atoms with Crippen molar-refractivity contribution in [1.29, 1.82) is 0 Å². The Labute approximate surface area is 83.8 Å². The first-order chi connectivity index (χ1) is 6.70. The fourth-order valence-corrected chi connectivity index (χ4v) is 0.939. The van der Waals surface area contributed by atoms with E-state index in [1.165, 1.54) is 18.6 Å². The third-order valence-corrected chi connectivity index (χ3v) is 1.68.